The topological polar surface area (TPSA) is 48.5 Å². The average Bonchev–Trinajstić information content (AvgIpc) is 3.41. The van der Waals surface area contributed by atoms with Gasteiger partial charge in [0.2, 0.25) is 0 Å². The molecule has 5 nitrogen and oxygen atoms in total. The van der Waals surface area contributed by atoms with Gasteiger partial charge in [0, 0.05) is 43.6 Å². The van der Waals surface area contributed by atoms with Crippen molar-refractivity contribution in [2.24, 2.45) is 0 Å². The van der Waals surface area contributed by atoms with Crippen LogP contribution in [0.15, 0.2) is 60.8 Å². The van der Waals surface area contributed by atoms with Crippen molar-refractivity contribution < 1.29 is 13.6 Å². The number of fused-ring (bicyclic) bond motifs is 1. The fraction of sp³-hybridized carbons (Fsp3) is 0.250. The molecule has 3 heterocycles. The van der Waals surface area contributed by atoms with E-state index in [1.54, 1.807) is 23.2 Å². The van der Waals surface area contributed by atoms with Crippen LogP contribution in [-0.4, -0.2) is 36.6 Å². The van der Waals surface area contributed by atoms with Crippen molar-refractivity contribution in [2.45, 2.75) is 18.9 Å². The number of aromatic nitrogens is 1. The third-order valence-corrected chi connectivity index (χ3v) is 5.95. The van der Waals surface area contributed by atoms with Gasteiger partial charge in [0.15, 0.2) is 0 Å². The van der Waals surface area contributed by atoms with Gasteiger partial charge in [-0.05, 0) is 48.7 Å². The van der Waals surface area contributed by atoms with Crippen molar-refractivity contribution in [2.75, 3.05) is 34.8 Å². The molecule has 7 heteroatoms. The lowest BCUT2D eigenvalue weighted by Crippen LogP contribution is -2.31. The molecule has 0 aliphatic carbocycles. The van der Waals surface area contributed by atoms with Crippen LogP contribution in [0, 0.1) is 11.6 Å². The maximum Gasteiger partial charge on any atom is 0.262 e. The highest BCUT2D eigenvalue weighted by molar-refractivity contribution is 6.10. The number of hydrogen-bond acceptors (Lipinski definition) is 4. The molecule has 2 aromatic carbocycles. The summed E-state index contributed by atoms with van der Waals surface area (Å²) in [5.41, 5.74) is 3.02. The van der Waals surface area contributed by atoms with E-state index in [1.165, 1.54) is 17.7 Å². The molecule has 158 valence electrons. The first-order valence-electron chi connectivity index (χ1n) is 10.4. The van der Waals surface area contributed by atoms with Gasteiger partial charge < -0.3 is 15.1 Å². The van der Waals surface area contributed by atoms with Gasteiger partial charge in [-0.15, -0.1) is 0 Å². The minimum Gasteiger partial charge on any atom is -0.367 e. The molecule has 2 aliphatic rings. The second-order valence-electron chi connectivity index (χ2n) is 7.91. The Morgan fingerprint density at radius 2 is 1.90 bits per heavy atom. The Kier molecular flexibility index (Phi) is 5.02. The molecule has 3 aromatic rings. The molecule has 0 spiro atoms. The summed E-state index contributed by atoms with van der Waals surface area (Å²) >= 11 is 0. The van der Waals surface area contributed by atoms with Gasteiger partial charge in [-0.25, -0.2) is 13.8 Å². The predicted molar refractivity (Wildman–Crippen MR) is 117 cm³/mol. The van der Waals surface area contributed by atoms with E-state index < -0.39 is 11.6 Å². The molecule has 31 heavy (non-hydrogen) atoms. The van der Waals surface area contributed by atoms with Crippen LogP contribution >= 0.6 is 0 Å². The molecule has 0 bridgehead atoms. The Morgan fingerprint density at radius 1 is 1.03 bits per heavy atom. The summed E-state index contributed by atoms with van der Waals surface area (Å²) in [4.78, 5) is 21.4. The number of amides is 1. The number of nitrogens with zero attached hydrogens (tertiary/aromatic N) is 3. The maximum absolute atomic E-state index is 14.2. The average molecular weight is 420 g/mol. The summed E-state index contributed by atoms with van der Waals surface area (Å²) in [6.45, 7) is 1.82. The fourth-order valence-corrected chi connectivity index (χ4v) is 4.42. The zero-order valence-electron chi connectivity index (χ0n) is 16.9. The van der Waals surface area contributed by atoms with Gasteiger partial charge in [0.1, 0.15) is 17.5 Å². The number of carbonyl (C=O) groups excluding carboxylic acids is 1. The first-order chi connectivity index (χ1) is 15.1. The van der Waals surface area contributed by atoms with Crippen LogP contribution in [0.3, 0.4) is 0 Å². The Morgan fingerprint density at radius 3 is 2.77 bits per heavy atom. The number of nitrogens with one attached hydrogen (secondary N) is 1. The lowest BCUT2D eigenvalue weighted by atomic mass is 10.1. The van der Waals surface area contributed by atoms with Gasteiger partial charge >= 0.3 is 0 Å². The molecule has 1 aromatic heterocycles. The summed E-state index contributed by atoms with van der Waals surface area (Å²) in [6, 6.07) is 15.1. The molecule has 1 atom stereocenters. The molecule has 1 unspecified atom stereocenters. The molecule has 1 saturated heterocycles. The summed E-state index contributed by atoms with van der Waals surface area (Å²) in [5.74, 6) is -0.708. The van der Waals surface area contributed by atoms with Crippen LogP contribution in [0.5, 0.6) is 0 Å². The predicted octanol–water partition coefficient (Wildman–Crippen LogP) is 4.25. The molecule has 0 saturated carbocycles. The largest absolute Gasteiger partial charge is 0.367 e. The second-order valence-corrected chi connectivity index (χ2v) is 7.91. The molecule has 1 fully saturated rings. The summed E-state index contributed by atoms with van der Waals surface area (Å²) in [5, 5.41) is 3.37. The molecular formula is C24H22F2N4O. The van der Waals surface area contributed by atoms with E-state index in [0.717, 1.165) is 24.6 Å². The summed E-state index contributed by atoms with van der Waals surface area (Å²) < 4.78 is 27.4. The number of para-hydroxylation sites is 1. The minimum absolute atomic E-state index is 0.00299. The van der Waals surface area contributed by atoms with Crippen LogP contribution in [0.1, 0.15) is 22.3 Å². The van der Waals surface area contributed by atoms with Gasteiger partial charge in [-0.3, -0.25) is 4.79 Å². The SMILES string of the molecule is O=C(c1cccnc1NC1CCN(c2ccc(F)cc2F)C1)N1CCc2ccccc21. The quantitative estimate of drug-likeness (QED) is 0.686. The second kappa shape index (κ2) is 7.98. The zero-order valence-corrected chi connectivity index (χ0v) is 16.9. The standard InChI is InChI=1S/C24H22F2N4O/c25-17-7-8-22(20(26)14-17)29-12-10-18(15-29)28-23-19(5-3-11-27-23)24(31)30-13-9-16-4-1-2-6-21(16)30/h1-8,11,14,18H,9-10,12-13,15H2,(H,27,28). The first-order valence-corrected chi connectivity index (χ1v) is 10.4. The number of carbonyl (C=O) groups is 1. The highest BCUT2D eigenvalue weighted by Crippen LogP contribution is 2.31. The number of halogens is 2. The van der Waals surface area contributed by atoms with E-state index in [9.17, 15) is 13.6 Å². The molecule has 5 rings (SSSR count). The van der Waals surface area contributed by atoms with Gasteiger partial charge in [0.25, 0.3) is 5.91 Å². The van der Waals surface area contributed by atoms with E-state index in [-0.39, 0.29) is 11.9 Å². The van der Waals surface area contributed by atoms with Gasteiger partial charge in [-0.2, -0.15) is 0 Å². The van der Waals surface area contributed by atoms with Crippen LogP contribution < -0.4 is 15.1 Å². The third-order valence-electron chi connectivity index (χ3n) is 5.95. The Balaban J connectivity index is 1.33. The van der Waals surface area contributed by atoms with E-state index in [2.05, 4.69) is 10.3 Å². The summed E-state index contributed by atoms with van der Waals surface area (Å²) in [7, 11) is 0. The highest BCUT2D eigenvalue weighted by Gasteiger charge is 2.29. The number of hydrogen-bond donors (Lipinski definition) is 1. The number of rotatable bonds is 4. The van der Waals surface area contributed by atoms with Crippen LogP contribution in [0.25, 0.3) is 0 Å². The normalized spacial score (nSPS) is 17.7. The smallest absolute Gasteiger partial charge is 0.262 e. The Hall–Kier alpha value is -3.48. The molecule has 2 aliphatic heterocycles. The first kappa shape index (κ1) is 19.5. The number of anilines is 3. The van der Waals surface area contributed by atoms with Crippen molar-refractivity contribution in [3.05, 3.63) is 83.6 Å². The van der Waals surface area contributed by atoms with Gasteiger partial charge in [0.05, 0.1) is 11.3 Å². The minimum atomic E-state index is -0.588. The van der Waals surface area contributed by atoms with Crippen LogP contribution in [0.2, 0.25) is 0 Å². The van der Waals surface area contributed by atoms with Crippen LogP contribution in [0.4, 0.5) is 26.0 Å². The van der Waals surface area contributed by atoms with E-state index in [4.69, 9.17) is 0 Å². The van der Waals surface area contributed by atoms with Crippen molar-refractivity contribution in [3.8, 4) is 0 Å². The van der Waals surface area contributed by atoms with Crippen molar-refractivity contribution in [3.63, 3.8) is 0 Å². The highest BCUT2D eigenvalue weighted by atomic mass is 19.1. The molecular weight excluding hydrogens is 398 g/mol. The number of benzene rings is 2. The van der Waals surface area contributed by atoms with Crippen molar-refractivity contribution in [1.29, 1.82) is 0 Å². The monoisotopic (exact) mass is 420 g/mol. The summed E-state index contributed by atoms with van der Waals surface area (Å²) in [6.07, 6.45) is 3.25. The third kappa shape index (κ3) is 3.71. The molecule has 0 radical (unpaired) electrons. The van der Waals surface area contributed by atoms with Crippen molar-refractivity contribution >= 4 is 23.1 Å². The van der Waals surface area contributed by atoms with E-state index in [1.807, 2.05) is 29.2 Å². The van der Waals surface area contributed by atoms with E-state index >= 15 is 0 Å². The number of pyridine rings is 1. The Labute approximate surface area is 179 Å². The zero-order chi connectivity index (χ0) is 21.4. The molecule has 1 N–H and O–H groups in total. The van der Waals surface area contributed by atoms with E-state index in [0.29, 0.717) is 36.7 Å². The van der Waals surface area contributed by atoms with Crippen molar-refractivity contribution in [1.82, 2.24) is 4.98 Å². The maximum atomic E-state index is 14.2. The Bertz CT molecular complexity index is 1140. The lowest BCUT2D eigenvalue weighted by Gasteiger charge is -2.22. The molecule has 1 amide bonds. The van der Waals surface area contributed by atoms with Gasteiger partial charge in [-0.1, -0.05) is 18.2 Å². The lowest BCUT2D eigenvalue weighted by molar-refractivity contribution is 0.0990. The fourth-order valence-electron chi connectivity index (χ4n) is 4.42. The van der Waals surface area contributed by atoms with Crippen LogP contribution in [-0.2, 0) is 6.42 Å².